The van der Waals surface area contributed by atoms with Crippen LogP contribution in [0.3, 0.4) is 0 Å². The number of alkyl halides is 3. The van der Waals surface area contributed by atoms with Crippen LogP contribution in [0.25, 0.3) is 15.8 Å². The number of rotatable bonds is 8. The monoisotopic (exact) mass is 763 g/mol. The molecule has 0 aliphatic carbocycles. The van der Waals surface area contributed by atoms with E-state index in [2.05, 4.69) is 25.0 Å². The van der Waals surface area contributed by atoms with E-state index in [1.807, 2.05) is 0 Å². The number of nitrogens with two attached hydrogens (primary N) is 1. The normalized spacial score (nSPS) is 17.8. The molecule has 276 valence electrons. The van der Waals surface area contributed by atoms with Gasteiger partial charge in [-0.2, -0.15) is 22.6 Å². The van der Waals surface area contributed by atoms with Crippen molar-refractivity contribution < 1.29 is 51.4 Å². The maximum Gasteiger partial charge on any atom is 0.435 e. The Morgan fingerprint density at radius 2 is 1.78 bits per heavy atom. The number of hydrogen-bond donors (Lipinski definition) is 2. The van der Waals surface area contributed by atoms with Crippen LogP contribution in [-0.2, 0) is 30.0 Å². The molecule has 2 aliphatic rings. The number of amides is 5. The zero-order valence-corrected chi connectivity index (χ0v) is 28.5. The number of nitrogens with one attached hydrogen (secondary N) is 1. The van der Waals surface area contributed by atoms with Crippen LogP contribution in [-0.4, -0.2) is 84.7 Å². The number of nitrogens with zero attached hydrogens (tertiary/aromatic N) is 7. The Morgan fingerprint density at radius 1 is 1.07 bits per heavy atom. The third kappa shape index (κ3) is 6.27. The van der Waals surface area contributed by atoms with E-state index in [4.69, 9.17) is 15.2 Å². The first-order valence-corrected chi connectivity index (χ1v) is 16.5. The number of hydrogen-bond acceptors (Lipinski definition) is 13. The van der Waals surface area contributed by atoms with Gasteiger partial charge in [-0.05, 0) is 48.8 Å². The van der Waals surface area contributed by atoms with Gasteiger partial charge in [0.25, 0.3) is 29.5 Å². The standard InChI is InChI=1S/C33H24F3N9O8S/c1-14-13-43(22-9-10-44(41-22)16-11-21(33(34,35)36)40-38-12-16)32(51)25(52-14)24(53-15(2)46)29(48)39-20-8-7-19-26(23(20)27(37)47)54-42-28(19)45-30(49)17-5-3-4-6-18(17)31(45)50/h3-12,14,24-25H,13H2,1-2H3,(H2,37,47)(H,39,48)/t14-,24?,25+/m0/s1. The van der Waals surface area contributed by atoms with Crippen molar-refractivity contribution in [3.8, 4) is 5.69 Å². The van der Waals surface area contributed by atoms with Crippen molar-refractivity contribution in [1.29, 1.82) is 0 Å². The third-order valence-electron chi connectivity index (χ3n) is 8.33. The second-order valence-corrected chi connectivity index (χ2v) is 12.8. The highest BCUT2D eigenvalue weighted by atomic mass is 32.1. The van der Waals surface area contributed by atoms with Gasteiger partial charge in [-0.15, -0.1) is 10.2 Å². The average Bonchev–Trinajstić information content (AvgIpc) is 3.84. The highest BCUT2D eigenvalue weighted by molar-refractivity contribution is 7.14. The molecule has 3 atom stereocenters. The van der Waals surface area contributed by atoms with Gasteiger partial charge >= 0.3 is 12.1 Å². The molecule has 7 rings (SSSR count). The second kappa shape index (κ2) is 13.4. The number of carbonyl (C=O) groups is 6. The fourth-order valence-electron chi connectivity index (χ4n) is 6.00. The third-order valence-corrected chi connectivity index (χ3v) is 9.20. The minimum Gasteiger partial charge on any atom is -0.449 e. The van der Waals surface area contributed by atoms with Gasteiger partial charge in [0, 0.05) is 24.6 Å². The fraction of sp³-hybridized carbons (Fsp3) is 0.212. The molecule has 5 aromatic rings. The lowest BCUT2D eigenvalue weighted by Gasteiger charge is -2.37. The summed E-state index contributed by atoms with van der Waals surface area (Å²) in [6.07, 6.45) is -6.93. The first-order valence-electron chi connectivity index (χ1n) is 15.7. The molecule has 1 saturated heterocycles. The summed E-state index contributed by atoms with van der Waals surface area (Å²) in [5, 5.41) is 13.3. The van der Waals surface area contributed by atoms with E-state index in [9.17, 15) is 41.9 Å². The molecule has 21 heteroatoms. The van der Waals surface area contributed by atoms with Crippen molar-refractivity contribution in [2.45, 2.75) is 38.3 Å². The van der Waals surface area contributed by atoms with Crippen molar-refractivity contribution in [3.05, 3.63) is 83.3 Å². The van der Waals surface area contributed by atoms with Gasteiger partial charge in [-0.3, -0.25) is 33.7 Å². The number of aromatic nitrogens is 5. The summed E-state index contributed by atoms with van der Waals surface area (Å²) >= 11 is 0.737. The van der Waals surface area contributed by atoms with Crippen LogP contribution in [0.2, 0.25) is 0 Å². The van der Waals surface area contributed by atoms with Gasteiger partial charge < -0.3 is 20.5 Å². The van der Waals surface area contributed by atoms with Gasteiger partial charge in [-0.25, -0.2) is 9.58 Å². The smallest absolute Gasteiger partial charge is 0.435 e. The molecule has 2 aromatic carbocycles. The van der Waals surface area contributed by atoms with Crippen LogP contribution in [0.15, 0.2) is 60.9 Å². The van der Waals surface area contributed by atoms with Gasteiger partial charge in [0.15, 0.2) is 23.4 Å². The maximum absolute atomic E-state index is 13.9. The molecule has 5 heterocycles. The summed E-state index contributed by atoms with van der Waals surface area (Å²) < 4.78 is 56.2. The number of ether oxygens (including phenoxy) is 2. The van der Waals surface area contributed by atoms with E-state index < -0.39 is 65.7 Å². The first kappa shape index (κ1) is 35.8. The zero-order chi connectivity index (χ0) is 38.6. The summed E-state index contributed by atoms with van der Waals surface area (Å²) in [4.78, 5) is 81.1. The minimum atomic E-state index is -4.77. The highest BCUT2D eigenvalue weighted by Crippen LogP contribution is 2.39. The molecule has 3 N–H and O–H groups in total. The van der Waals surface area contributed by atoms with Gasteiger partial charge in [0.05, 0.1) is 51.6 Å². The van der Waals surface area contributed by atoms with Crippen LogP contribution in [0, 0.1) is 0 Å². The van der Waals surface area contributed by atoms with Crippen molar-refractivity contribution in [3.63, 3.8) is 0 Å². The molecular weight excluding hydrogens is 739 g/mol. The quantitative estimate of drug-likeness (QED) is 0.172. The summed E-state index contributed by atoms with van der Waals surface area (Å²) in [5.74, 6) is -5.32. The number of imide groups is 1. The Balaban J connectivity index is 1.17. The van der Waals surface area contributed by atoms with Crippen LogP contribution in [0.1, 0.15) is 50.6 Å². The summed E-state index contributed by atoms with van der Waals surface area (Å²) in [6, 6.07) is 10.9. The summed E-state index contributed by atoms with van der Waals surface area (Å²) in [6.45, 7) is 2.45. The molecule has 0 saturated carbocycles. The number of anilines is 3. The van der Waals surface area contributed by atoms with E-state index in [1.54, 1.807) is 19.1 Å². The van der Waals surface area contributed by atoms with E-state index in [-0.39, 0.29) is 56.3 Å². The Bertz CT molecular complexity index is 2380. The number of fused-ring (bicyclic) bond motifs is 2. The number of carbonyl (C=O) groups excluding carboxylic acids is 6. The minimum absolute atomic E-state index is 0.0342. The molecular formula is C33H24F3N9O8S. The molecule has 0 radical (unpaired) electrons. The van der Waals surface area contributed by atoms with E-state index in [0.717, 1.165) is 39.1 Å². The molecule has 0 spiro atoms. The first-order chi connectivity index (χ1) is 25.6. The van der Waals surface area contributed by atoms with E-state index in [0.29, 0.717) is 6.07 Å². The molecule has 3 aromatic heterocycles. The number of morpholine rings is 1. The SMILES string of the molecule is CC(=O)OC(C(=O)Nc1ccc2c(N3C(=O)c4ccccc4C3=O)nsc2c1C(N)=O)[C@H]1O[C@@H](C)CN(c2ccn(-c3cnnc(C(F)(F)F)c3)n2)C1=O. The molecule has 2 aliphatic heterocycles. The van der Waals surface area contributed by atoms with Crippen LogP contribution >= 0.6 is 11.5 Å². The van der Waals surface area contributed by atoms with Crippen LogP contribution in [0.4, 0.5) is 30.5 Å². The fourth-order valence-corrected chi connectivity index (χ4v) is 6.92. The predicted molar refractivity (Wildman–Crippen MR) is 181 cm³/mol. The van der Waals surface area contributed by atoms with Crippen molar-refractivity contribution in [1.82, 2.24) is 24.4 Å². The van der Waals surface area contributed by atoms with Crippen molar-refractivity contribution >= 4 is 74.4 Å². The number of halogens is 3. The summed E-state index contributed by atoms with van der Waals surface area (Å²) in [7, 11) is 0. The predicted octanol–water partition coefficient (Wildman–Crippen LogP) is 2.88. The Kier molecular flexibility index (Phi) is 8.89. The van der Waals surface area contributed by atoms with Gasteiger partial charge in [-0.1, -0.05) is 12.1 Å². The summed E-state index contributed by atoms with van der Waals surface area (Å²) in [5.41, 5.74) is 4.28. The Morgan fingerprint density at radius 3 is 2.43 bits per heavy atom. The van der Waals surface area contributed by atoms with Crippen molar-refractivity contribution in [2.24, 2.45) is 5.73 Å². The van der Waals surface area contributed by atoms with Crippen LogP contribution < -0.4 is 20.9 Å². The molecule has 1 fully saturated rings. The highest BCUT2D eigenvalue weighted by Gasteiger charge is 2.46. The van der Waals surface area contributed by atoms with Crippen molar-refractivity contribution in [2.75, 3.05) is 21.7 Å². The number of benzene rings is 2. The molecule has 17 nitrogen and oxygen atoms in total. The Hall–Kier alpha value is -6.61. The number of esters is 1. The molecule has 5 amide bonds. The largest absolute Gasteiger partial charge is 0.449 e. The molecule has 0 bridgehead atoms. The molecule has 1 unspecified atom stereocenters. The van der Waals surface area contributed by atoms with Gasteiger partial charge in [0.1, 0.15) is 0 Å². The lowest BCUT2D eigenvalue weighted by molar-refractivity contribution is -0.171. The van der Waals surface area contributed by atoms with Gasteiger partial charge in [0.2, 0.25) is 6.10 Å². The van der Waals surface area contributed by atoms with E-state index >= 15 is 0 Å². The second-order valence-electron chi connectivity index (χ2n) is 12.0. The van der Waals surface area contributed by atoms with E-state index in [1.165, 1.54) is 36.5 Å². The zero-order valence-electron chi connectivity index (χ0n) is 27.7. The Labute approximate surface area is 304 Å². The van der Waals surface area contributed by atoms with Crippen LogP contribution in [0.5, 0.6) is 0 Å². The maximum atomic E-state index is 13.9. The number of primary amides is 1. The lowest BCUT2D eigenvalue weighted by Crippen LogP contribution is -2.59. The topological polar surface area (TPSA) is 222 Å². The molecule has 54 heavy (non-hydrogen) atoms. The lowest BCUT2D eigenvalue weighted by atomic mass is 10.1. The average molecular weight is 764 g/mol.